The number of benzene rings is 1. The van der Waals surface area contributed by atoms with E-state index >= 15 is 0 Å². The second-order valence-corrected chi connectivity index (χ2v) is 3.96. The predicted octanol–water partition coefficient (Wildman–Crippen LogP) is 3.12. The highest BCUT2D eigenvalue weighted by Gasteiger charge is 2.03. The average molecular weight is 233 g/mol. The van der Waals surface area contributed by atoms with E-state index in [0.717, 1.165) is 28.4 Å². The minimum atomic E-state index is 0.775. The number of aromatic nitrogens is 1. The molecular weight excluding hydrogens is 220 g/mol. The minimum absolute atomic E-state index is 0.775. The van der Waals surface area contributed by atoms with Crippen molar-refractivity contribution in [1.29, 1.82) is 0 Å². The van der Waals surface area contributed by atoms with Gasteiger partial charge >= 0.3 is 0 Å². The van der Waals surface area contributed by atoms with Crippen molar-refractivity contribution < 1.29 is 0 Å². The van der Waals surface area contributed by atoms with Gasteiger partial charge in [0.25, 0.3) is 0 Å². The Morgan fingerprint density at radius 3 is 2.75 bits per heavy atom. The average Bonchev–Trinajstić information content (AvgIpc) is 2.33. The van der Waals surface area contributed by atoms with Crippen molar-refractivity contribution in [2.45, 2.75) is 6.54 Å². The fourth-order valence-corrected chi connectivity index (χ4v) is 1.82. The van der Waals surface area contributed by atoms with Crippen molar-refractivity contribution in [3.63, 3.8) is 0 Å². The summed E-state index contributed by atoms with van der Waals surface area (Å²) in [6.45, 7) is 0.779. The Balaban J connectivity index is 2.35. The largest absolute Gasteiger partial charge is 0.316 e. The lowest BCUT2D eigenvalue weighted by atomic mass is 10.1. The second-order valence-electron chi connectivity index (χ2n) is 3.55. The summed E-state index contributed by atoms with van der Waals surface area (Å²) in [5.41, 5.74) is 3.09. The summed E-state index contributed by atoms with van der Waals surface area (Å²) < 4.78 is 0. The molecule has 0 aliphatic heterocycles. The van der Waals surface area contributed by atoms with Gasteiger partial charge in [0.05, 0.1) is 5.69 Å². The molecule has 1 aromatic carbocycles. The summed E-state index contributed by atoms with van der Waals surface area (Å²) in [6, 6.07) is 11.9. The monoisotopic (exact) mass is 232 g/mol. The quantitative estimate of drug-likeness (QED) is 0.880. The minimum Gasteiger partial charge on any atom is -0.316 e. The van der Waals surface area contributed by atoms with Crippen LogP contribution in [0.4, 0.5) is 0 Å². The third-order valence-electron chi connectivity index (χ3n) is 2.38. The fourth-order valence-electron chi connectivity index (χ4n) is 1.57. The van der Waals surface area contributed by atoms with E-state index in [2.05, 4.69) is 10.3 Å². The molecule has 0 radical (unpaired) electrons. The molecule has 0 unspecified atom stereocenters. The van der Waals surface area contributed by atoms with Gasteiger partial charge in [-0.15, -0.1) is 0 Å². The van der Waals surface area contributed by atoms with Crippen LogP contribution in [0.3, 0.4) is 0 Å². The van der Waals surface area contributed by atoms with E-state index in [1.54, 1.807) is 6.20 Å². The summed E-state index contributed by atoms with van der Waals surface area (Å²) in [5.74, 6) is 0. The number of hydrogen-bond donors (Lipinski definition) is 1. The number of hydrogen-bond acceptors (Lipinski definition) is 2. The van der Waals surface area contributed by atoms with E-state index in [0.29, 0.717) is 0 Å². The van der Waals surface area contributed by atoms with Crippen LogP contribution in [0.1, 0.15) is 5.56 Å². The second kappa shape index (κ2) is 5.10. The first-order valence-electron chi connectivity index (χ1n) is 5.15. The molecular formula is C13H13ClN2. The molecule has 0 aliphatic rings. The highest BCUT2D eigenvalue weighted by atomic mass is 35.5. The lowest BCUT2D eigenvalue weighted by molar-refractivity contribution is 0.818. The Morgan fingerprint density at radius 1 is 1.25 bits per heavy atom. The molecule has 0 atom stereocenters. The van der Waals surface area contributed by atoms with Gasteiger partial charge in [-0.3, -0.25) is 4.98 Å². The Hall–Kier alpha value is -1.38. The van der Waals surface area contributed by atoms with Crippen molar-refractivity contribution in [3.05, 3.63) is 53.2 Å². The van der Waals surface area contributed by atoms with Gasteiger partial charge in [0.15, 0.2) is 0 Å². The maximum Gasteiger partial charge on any atom is 0.0702 e. The first-order valence-corrected chi connectivity index (χ1v) is 5.53. The van der Waals surface area contributed by atoms with Crippen LogP contribution in [-0.2, 0) is 6.54 Å². The molecule has 0 saturated heterocycles. The molecule has 1 N–H and O–H groups in total. The van der Waals surface area contributed by atoms with E-state index in [4.69, 9.17) is 11.6 Å². The third kappa shape index (κ3) is 2.40. The topological polar surface area (TPSA) is 24.9 Å². The molecule has 1 aromatic heterocycles. The van der Waals surface area contributed by atoms with Crippen LogP contribution in [0, 0.1) is 0 Å². The molecule has 0 fully saturated rings. The van der Waals surface area contributed by atoms with Gasteiger partial charge in [-0.25, -0.2) is 0 Å². The van der Waals surface area contributed by atoms with Crippen LogP contribution in [0.15, 0.2) is 42.6 Å². The smallest absolute Gasteiger partial charge is 0.0702 e. The molecule has 16 heavy (non-hydrogen) atoms. The van der Waals surface area contributed by atoms with Gasteiger partial charge in [0.2, 0.25) is 0 Å². The zero-order valence-electron chi connectivity index (χ0n) is 9.07. The zero-order valence-corrected chi connectivity index (χ0v) is 9.83. The summed E-state index contributed by atoms with van der Waals surface area (Å²) in [5, 5.41) is 3.86. The van der Waals surface area contributed by atoms with Crippen LogP contribution in [0.25, 0.3) is 11.3 Å². The lowest BCUT2D eigenvalue weighted by Crippen LogP contribution is -2.05. The summed E-state index contributed by atoms with van der Waals surface area (Å²) in [6.07, 6.45) is 1.78. The van der Waals surface area contributed by atoms with Crippen molar-refractivity contribution >= 4 is 11.6 Å². The highest BCUT2D eigenvalue weighted by Crippen LogP contribution is 2.24. The number of halogens is 1. The predicted molar refractivity (Wildman–Crippen MR) is 67.4 cm³/mol. The Morgan fingerprint density at radius 2 is 2.12 bits per heavy atom. The molecule has 0 bridgehead atoms. The van der Waals surface area contributed by atoms with E-state index < -0.39 is 0 Å². The van der Waals surface area contributed by atoms with Crippen LogP contribution in [-0.4, -0.2) is 12.0 Å². The number of nitrogens with one attached hydrogen (secondary N) is 1. The molecule has 1 heterocycles. The van der Waals surface area contributed by atoms with Gasteiger partial charge in [-0.05, 0) is 30.8 Å². The SMILES string of the molecule is CNCc1ccc(-c2ccccn2)cc1Cl. The molecule has 0 spiro atoms. The van der Waals surface area contributed by atoms with Gasteiger partial charge < -0.3 is 5.32 Å². The standard InChI is InChI=1S/C13H13ClN2/c1-15-9-11-6-5-10(8-12(11)14)13-4-2-3-7-16-13/h2-8,15H,9H2,1H3. The normalized spacial score (nSPS) is 10.4. The number of pyridine rings is 1. The summed E-state index contributed by atoms with van der Waals surface area (Å²) in [4.78, 5) is 4.29. The Bertz CT molecular complexity index is 469. The summed E-state index contributed by atoms with van der Waals surface area (Å²) >= 11 is 6.19. The maximum absolute atomic E-state index is 6.19. The van der Waals surface area contributed by atoms with Gasteiger partial charge in [0.1, 0.15) is 0 Å². The molecule has 0 amide bonds. The van der Waals surface area contributed by atoms with Crippen LogP contribution >= 0.6 is 11.6 Å². The number of nitrogens with zero attached hydrogens (tertiary/aromatic N) is 1. The van der Waals surface area contributed by atoms with Gasteiger partial charge in [-0.2, -0.15) is 0 Å². The van der Waals surface area contributed by atoms with Gasteiger partial charge in [-0.1, -0.05) is 29.8 Å². The lowest BCUT2D eigenvalue weighted by Gasteiger charge is -2.06. The molecule has 2 aromatic rings. The van der Waals surface area contributed by atoms with Crippen molar-refractivity contribution in [1.82, 2.24) is 10.3 Å². The molecule has 2 rings (SSSR count). The van der Waals surface area contributed by atoms with Crippen molar-refractivity contribution in [2.24, 2.45) is 0 Å². The van der Waals surface area contributed by atoms with E-state index in [1.165, 1.54) is 0 Å². The van der Waals surface area contributed by atoms with Crippen molar-refractivity contribution in [3.8, 4) is 11.3 Å². The molecule has 3 heteroatoms. The van der Waals surface area contributed by atoms with E-state index in [9.17, 15) is 0 Å². The van der Waals surface area contributed by atoms with Crippen LogP contribution in [0.2, 0.25) is 5.02 Å². The first-order chi connectivity index (χ1) is 7.81. The maximum atomic E-state index is 6.19. The fraction of sp³-hybridized carbons (Fsp3) is 0.154. The molecule has 2 nitrogen and oxygen atoms in total. The van der Waals surface area contributed by atoms with E-state index in [1.807, 2.05) is 43.4 Å². The third-order valence-corrected chi connectivity index (χ3v) is 2.73. The van der Waals surface area contributed by atoms with Gasteiger partial charge in [0, 0.05) is 23.3 Å². The molecule has 0 saturated carbocycles. The van der Waals surface area contributed by atoms with Crippen molar-refractivity contribution in [2.75, 3.05) is 7.05 Å². The summed E-state index contributed by atoms with van der Waals surface area (Å²) in [7, 11) is 1.91. The first kappa shape index (κ1) is 11.1. The number of rotatable bonds is 3. The Labute approximate surface area is 100 Å². The zero-order chi connectivity index (χ0) is 11.4. The van der Waals surface area contributed by atoms with E-state index in [-0.39, 0.29) is 0 Å². The van der Waals surface area contributed by atoms with Crippen LogP contribution < -0.4 is 5.32 Å². The van der Waals surface area contributed by atoms with Crippen LogP contribution in [0.5, 0.6) is 0 Å². The highest BCUT2D eigenvalue weighted by molar-refractivity contribution is 6.31. The molecule has 82 valence electrons. The molecule has 0 aliphatic carbocycles. The Kier molecular flexibility index (Phi) is 3.54.